The van der Waals surface area contributed by atoms with Gasteiger partial charge in [-0.15, -0.1) is 11.3 Å². The predicted molar refractivity (Wildman–Crippen MR) is 159 cm³/mol. The van der Waals surface area contributed by atoms with Crippen LogP contribution in [0.4, 0.5) is 8.78 Å². The van der Waals surface area contributed by atoms with Gasteiger partial charge in [0, 0.05) is 29.2 Å². The third kappa shape index (κ3) is 5.52. The van der Waals surface area contributed by atoms with Crippen LogP contribution in [0.15, 0.2) is 67.8 Å². The van der Waals surface area contributed by atoms with Gasteiger partial charge in [-0.25, -0.2) is 4.39 Å². The van der Waals surface area contributed by atoms with E-state index in [0.29, 0.717) is 12.3 Å². The van der Waals surface area contributed by atoms with Gasteiger partial charge in [0.15, 0.2) is 0 Å². The molecule has 0 atom stereocenters. The molecular weight excluding hydrogens is 492 g/mol. The molecule has 0 N–H and O–H groups in total. The first kappa shape index (κ1) is 26.5. The van der Waals surface area contributed by atoms with Gasteiger partial charge in [0.1, 0.15) is 5.82 Å². The molecule has 2 heterocycles. The number of hydrogen-bond donors (Lipinski definition) is 0. The molecule has 0 unspecified atom stereocenters. The number of halogens is 2. The van der Waals surface area contributed by atoms with Crippen LogP contribution in [0.1, 0.15) is 50.2 Å². The second-order valence-electron chi connectivity index (χ2n) is 10.6. The maximum absolute atomic E-state index is 14.0. The number of likely N-dealkylation sites (tertiary alicyclic amines) is 1. The van der Waals surface area contributed by atoms with Crippen molar-refractivity contribution in [3.8, 4) is 0 Å². The van der Waals surface area contributed by atoms with Crippen molar-refractivity contribution < 1.29 is 8.78 Å². The largest absolute Gasteiger partial charge is 0.303 e. The molecule has 0 bridgehead atoms. The van der Waals surface area contributed by atoms with E-state index in [1.807, 2.05) is 19.9 Å². The lowest BCUT2D eigenvalue weighted by Gasteiger charge is -2.39. The van der Waals surface area contributed by atoms with Crippen LogP contribution in [0.5, 0.6) is 0 Å². The van der Waals surface area contributed by atoms with Crippen LogP contribution in [-0.4, -0.2) is 31.2 Å². The first-order valence-electron chi connectivity index (χ1n) is 13.4. The first-order valence-corrected chi connectivity index (χ1v) is 14.2. The number of fused-ring (bicyclic) bond motifs is 1. The van der Waals surface area contributed by atoms with Crippen molar-refractivity contribution in [2.75, 3.05) is 26.3 Å². The van der Waals surface area contributed by atoms with Gasteiger partial charge in [-0.1, -0.05) is 55.6 Å². The fourth-order valence-corrected chi connectivity index (χ4v) is 7.06. The molecule has 0 radical (unpaired) electrons. The molecule has 4 aromatic rings. The smallest absolute Gasteiger partial charge is 0.123 e. The molecule has 1 aromatic heterocycles. The molecule has 0 amide bonds. The Morgan fingerprint density at radius 2 is 1.71 bits per heavy atom. The highest BCUT2D eigenvalue weighted by atomic mass is 32.1. The highest BCUT2D eigenvalue weighted by Crippen LogP contribution is 2.41. The van der Waals surface area contributed by atoms with Gasteiger partial charge in [0.05, 0.1) is 6.67 Å². The van der Waals surface area contributed by atoms with E-state index in [0.717, 1.165) is 65.2 Å². The minimum atomic E-state index is -0.227. The SMILES string of the molecule is C=Cc1ccc2c(Cc3ccc(CC4CN(CCCF)C4)cc3)c(C(=C)c3c(C)cc(F)cc3C)sc2c1. The lowest BCUT2D eigenvalue weighted by atomic mass is 9.90. The van der Waals surface area contributed by atoms with E-state index in [9.17, 15) is 8.78 Å². The van der Waals surface area contributed by atoms with E-state index in [2.05, 4.69) is 60.5 Å². The summed E-state index contributed by atoms with van der Waals surface area (Å²) in [5.41, 5.74) is 8.79. The fraction of sp³-hybridized carbons (Fsp3) is 0.294. The molecule has 1 nitrogen and oxygen atoms in total. The Hall–Kier alpha value is -3.08. The van der Waals surface area contributed by atoms with Crippen molar-refractivity contribution in [2.45, 2.75) is 33.1 Å². The summed E-state index contributed by atoms with van der Waals surface area (Å²) in [5, 5.41) is 1.24. The van der Waals surface area contributed by atoms with E-state index in [1.54, 1.807) is 23.5 Å². The first-order chi connectivity index (χ1) is 18.4. The molecule has 196 valence electrons. The van der Waals surface area contributed by atoms with E-state index in [1.165, 1.54) is 26.8 Å². The predicted octanol–water partition coefficient (Wildman–Crippen LogP) is 8.79. The topological polar surface area (TPSA) is 3.24 Å². The fourth-order valence-electron chi connectivity index (χ4n) is 5.82. The van der Waals surface area contributed by atoms with Crippen LogP contribution in [0.25, 0.3) is 21.7 Å². The molecule has 1 aliphatic heterocycles. The molecule has 1 aliphatic rings. The molecule has 5 rings (SSSR count). The summed E-state index contributed by atoms with van der Waals surface area (Å²) in [6, 6.07) is 18.7. The van der Waals surface area contributed by atoms with Crippen molar-refractivity contribution in [3.05, 3.63) is 117 Å². The number of hydrogen-bond acceptors (Lipinski definition) is 2. The summed E-state index contributed by atoms with van der Waals surface area (Å²) >= 11 is 1.76. The van der Waals surface area contributed by atoms with Crippen molar-refractivity contribution in [3.63, 3.8) is 0 Å². The summed E-state index contributed by atoms with van der Waals surface area (Å²) in [7, 11) is 0. The summed E-state index contributed by atoms with van der Waals surface area (Å²) in [5.74, 6) is 0.454. The van der Waals surface area contributed by atoms with Crippen molar-refractivity contribution in [1.29, 1.82) is 0 Å². The zero-order chi connectivity index (χ0) is 26.8. The number of nitrogens with zero attached hydrogens (tertiary/aromatic N) is 1. The molecule has 3 aromatic carbocycles. The van der Waals surface area contributed by atoms with Crippen molar-refractivity contribution in [1.82, 2.24) is 4.90 Å². The Labute approximate surface area is 229 Å². The number of benzene rings is 3. The second kappa shape index (κ2) is 11.3. The summed E-state index contributed by atoms with van der Waals surface area (Å²) in [6.07, 6.45) is 4.40. The van der Waals surface area contributed by atoms with Crippen LogP contribution in [0.3, 0.4) is 0 Å². The summed E-state index contributed by atoms with van der Waals surface area (Å²) in [6.45, 7) is 15.2. The number of rotatable bonds is 10. The molecule has 0 aliphatic carbocycles. The Morgan fingerprint density at radius 3 is 2.37 bits per heavy atom. The quantitative estimate of drug-likeness (QED) is 0.199. The van der Waals surface area contributed by atoms with Gasteiger partial charge in [-0.3, -0.25) is 4.39 Å². The monoisotopic (exact) mass is 527 g/mol. The minimum Gasteiger partial charge on any atom is -0.303 e. The maximum atomic E-state index is 14.0. The van der Waals surface area contributed by atoms with E-state index in [-0.39, 0.29) is 12.5 Å². The zero-order valence-electron chi connectivity index (χ0n) is 22.3. The minimum absolute atomic E-state index is 0.210. The average molecular weight is 528 g/mol. The second-order valence-corrected chi connectivity index (χ2v) is 11.7. The third-order valence-electron chi connectivity index (χ3n) is 7.69. The van der Waals surface area contributed by atoms with Gasteiger partial charge in [0.25, 0.3) is 0 Å². The van der Waals surface area contributed by atoms with Crippen LogP contribution >= 0.6 is 11.3 Å². The van der Waals surface area contributed by atoms with Crippen LogP contribution < -0.4 is 0 Å². The van der Waals surface area contributed by atoms with Crippen molar-refractivity contribution >= 4 is 33.1 Å². The van der Waals surface area contributed by atoms with Gasteiger partial charge < -0.3 is 4.90 Å². The Morgan fingerprint density at radius 1 is 1.03 bits per heavy atom. The molecule has 4 heteroatoms. The van der Waals surface area contributed by atoms with E-state index >= 15 is 0 Å². The standard InChI is InChI=1S/C34H35F2NS/c1-5-25-11-12-30-31(18-27-9-7-26(8-10-27)17-28-20-37(21-28)14-6-13-35)34(38-32(30)19-25)24(4)33-22(2)15-29(36)16-23(33)3/h5,7-12,15-16,19,28H,1,4,6,13-14,17-18,20-21H2,2-3H3. The number of thiophene rings is 1. The van der Waals surface area contributed by atoms with Crippen molar-refractivity contribution in [2.24, 2.45) is 5.92 Å². The van der Waals surface area contributed by atoms with Crippen LogP contribution in [0, 0.1) is 25.6 Å². The Balaban J connectivity index is 1.41. The van der Waals surface area contributed by atoms with Gasteiger partial charge in [-0.2, -0.15) is 0 Å². The van der Waals surface area contributed by atoms with Crippen LogP contribution in [0.2, 0.25) is 0 Å². The zero-order valence-corrected chi connectivity index (χ0v) is 23.1. The Kier molecular flexibility index (Phi) is 7.92. The lowest BCUT2D eigenvalue weighted by Crippen LogP contribution is -2.47. The Bertz CT molecular complexity index is 1450. The molecule has 0 saturated carbocycles. The maximum Gasteiger partial charge on any atom is 0.123 e. The van der Waals surface area contributed by atoms with Crippen LogP contribution in [-0.2, 0) is 12.8 Å². The normalized spacial score (nSPS) is 14.1. The molecule has 38 heavy (non-hydrogen) atoms. The van der Waals surface area contributed by atoms with E-state index < -0.39 is 0 Å². The molecular formula is C34H35F2NS. The summed E-state index contributed by atoms with van der Waals surface area (Å²) in [4.78, 5) is 3.50. The van der Waals surface area contributed by atoms with Gasteiger partial charge in [0.2, 0.25) is 0 Å². The highest BCUT2D eigenvalue weighted by Gasteiger charge is 2.26. The highest BCUT2D eigenvalue weighted by molar-refractivity contribution is 7.20. The number of alkyl halides is 1. The molecule has 0 spiro atoms. The van der Waals surface area contributed by atoms with Gasteiger partial charge >= 0.3 is 0 Å². The molecule has 1 fully saturated rings. The van der Waals surface area contributed by atoms with E-state index in [4.69, 9.17) is 0 Å². The third-order valence-corrected chi connectivity index (χ3v) is 8.95. The lowest BCUT2D eigenvalue weighted by molar-refractivity contribution is 0.0968. The number of aryl methyl sites for hydroxylation is 2. The molecule has 1 saturated heterocycles. The average Bonchev–Trinajstić information content (AvgIpc) is 3.23. The van der Waals surface area contributed by atoms with Gasteiger partial charge in [-0.05, 0) is 107 Å². The summed E-state index contributed by atoms with van der Waals surface area (Å²) < 4.78 is 27.7.